The van der Waals surface area contributed by atoms with Crippen molar-refractivity contribution >= 4 is 21.8 Å². The first-order valence-electron chi connectivity index (χ1n) is 6.65. The maximum absolute atomic E-state index is 12.1. The zero-order valence-corrected chi connectivity index (χ0v) is 12.7. The summed E-state index contributed by atoms with van der Waals surface area (Å²) in [6.07, 6.45) is 2.90. The van der Waals surface area contributed by atoms with Gasteiger partial charge in [0.2, 0.25) is 5.91 Å². The molecule has 2 atom stereocenters. The van der Waals surface area contributed by atoms with E-state index in [1.165, 1.54) is 0 Å². The second-order valence-electron chi connectivity index (χ2n) is 4.46. The van der Waals surface area contributed by atoms with Crippen LogP contribution in [0.1, 0.15) is 44.6 Å². The third-order valence-electron chi connectivity index (χ3n) is 3.13. The van der Waals surface area contributed by atoms with Crippen molar-refractivity contribution in [1.29, 1.82) is 0 Å². The van der Waals surface area contributed by atoms with E-state index in [-0.39, 0.29) is 11.8 Å². The van der Waals surface area contributed by atoms with E-state index in [4.69, 9.17) is 0 Å². The number of carbonyl (C=O) groups is 1. The fraction of sp³-hybridized carbons (Fsp3) is 0.533. The summed E-state index contributed by atoms with van der Waals surface area (Å²) in [5.74, 6) is 0.112. The average Bonchev–Trinajstić information content (AvgIpc) is 2.40. The second kappa shape index (κ2) is 8.30. The summed E-state index contributed by atoms with van der Waals surface area (Å²) in [4.78, 5) is 12.6. The number of hydrogen-bond acceptors (Lipinski definition) is 1. The van der Waals surface area contributed by atoms with Gasteiger partial charge in [0.15, 0.2) is 0 Å². The molecule has 3 heteroatoms. The van der Waals surface area contributed by atoms with Crippen LogP contribution in [0.5, 0.6) is 0 Å². The fourth-order valence-corrected chi connectivity index (χ4v) is 2.17. The average molecular weight is 312 g/mol. The zero-order chi connectivity index (χ0) is 13.4. The number of amides is 1. The van der Waals surface area contributed by atoms with Crippen molar-refractivity contribution in [2.24, 2.45) is 0 Å². The van der Waals surface area contributed by atoms with Gasteiger partial charge in [-0.25, -0.2) is 0 Å². The molecular formula is C15H22BrNO. The maximum Gasteiger partial charge on any atom is 0.227 e. The molecule has 2 unspecified atom stereocenters. The molecule has 1 N–H and O–H groups in total. The lowest BCUT2D eigenvalue weighted by molar-refractivity contribution is -0.122. The van der Waals surface area contributed by atoms with Gasteiger partial charge in [-0.15, -0.1) is 0 Å². The van der Waals surface area contributed by atoms with Gasteiger partial charge in [-0.05, 0) is 24.8 Å². The largest absolute Gasteiger partial charge is 0.356 e. The number of halogens is 1. The van der Waals surface area contributed by atoms with Crippen LogP contribution in [0.3, 0.4) is 0 Å². The summed E-state index contributed by atoms with van der Waals surface area (Å²) in [6.45, 7) is 4.93. The minimum Gasteiger partial charge on any atom is -0.356 e. The Morgan fingerprint density at radius 1 is 1.22 bits per heavy atom. The van der Waals surface area contributed by atoms with E-state index < -0.39 is 0 Å². The molecule has 0 saturated carbocycles. The summed E-state index contributed by atoms with van der Waals surface area (Å²) >= 11 is 3.57. The van der Waals surface area contributed by atoms with Crippen molar-refractivity contribution < 1.29 is 4.79 Å². The van der Waals surface area contributed by atoms with Gasteiger partial charge in [0.05, 0.1) is 5.92 Å². The van der Waals surface area contributed by atoms with Gasteiger partial charge in [-0.2, -0.15) is 0 Å². The summed E-state index contributed by atoms with van der Waals surface area (Å²) in [5.41, 5.74) is 1.10. The molecule has 1 aromatic rings. The van der Waals surface area contributed by atoms with E-state index >= 15 is 0 Å². The van der Waals surface area contributed by atoms with Gasteiger partial charge >= 0.3 is 0 Å². The molecule has 0 spiro atoms. The highest BCUT2D eigenvalue weighted by molar-refractivity contribution is 9.09. The monoisotopic (exact) mass is 311 g/mol. The van der Waals surface area contributed by atoms with E-state index in [0.717, 1.165) is 31.4 Å². The van der Waals surface area contributed by atoms with Crippen LogP contribution < -0.4 is 5.32 Å². The Bertz CT molecular complexity index is 353. The lowest BCUT2D eigenvalue weighted by atomic mass is 9.95. The lowest BCUT2D eigenvalue weighted by Crippen LogP contribution is -2.30. The third kappa shape index (κ3) is 4.81. The van der Waals surface area contributed by atoms with Crippen LogP contribution in [0.25, 0.3) is 0 Å². The van der Waals surface area contributed by atoms with Crippen LogP contribution in [0.4, 0.5) is 0 Å². The predicted octanol–water partition coefficient (Wildman–Crippen LogP) is 3.86. The molecule has 100 valence electrons. The van der Waals surface area contributed by atoms with Crippen LogP contribution in [0.2, 0.25) is 0 Å². The molecule has 1 aromatic carbocycles. The Hall–Kier alpha value is -0.830. The molecule has 0 saturated heterocycles. The summed E-state index contributed by atoms with van der Waals surface area (Å²) in [5, 5.41) is 3.03. The minimum atomic E-state index is -0.0263. The van der Waals surface area contributed by atoms with E-state index in [1.54, 1.807) is 0 Å². The smallest absolute Gasteiger partial charge is 0.227 e. The fourth-order valence-electron chi connectivity index (χ4n) is 1.94. The standard InChI is InChI=1S/C15H22BrNO/c1-3-13(16)10-11-17-15(18)14(4-2)12-8-6-5-7-9-12/h5-9,13-14H,3-4,10-11H2,1-2H3,(H,17,18). The normalized spacial score (nSPS) is 13.9. The molecule has 0 bridgehead atoms. The van der Waals surface area contributed by atoms with E-state index in [1.807, 2.05) is 30.3 Å². The number of benzene rings is 1. The van der Waals surface area contributed by atoms with Gasteiger partial charge < -0.3 is 5.32 Å². The SMILES string of the molecule is CCC(Br)CCNC(=O)C(CC)c1ccccc1. The molecule has 0 fully saturated rings. The second-order valence-corrected chi connectivity index (χ2v) is 5.75. The molecule has 0 heterocycles. The van der Waals surface area contributed by atoms with Crippen molar-refractivity contribution in [2.75, 3.05) is 6.54 Å². The first kappa shape index (κ1) is 15.2. The molecule has 18 heavy (non-hydrogen) atoms. The molecule has 0 aromatic heterocycles. The number of hydrogen-bond donors (Lipinski definition) is 1. The van der Waals surface area contributed by atoms with E-state index in [9.17, 15) is 4.79 Å². The van der Waals surface area contributed by atoms with Crippen molar-refractivity contribution in [3.63, 3.8) is 0 Å². The first-order valence-corrected chi connectivity index (χ1v) is 7.57. The Kier molecular flexibility index (Phi) is 7.02. The van der Waals surface area contributed by atoms with E-state index in [2.05, 4.69) is 35.1 Å². The molecular weight excluding hydrogens is 290 g/mol. The summed E-state index contributed by atoms with van der Waals surface area (Å²) < 4.78 is 0. The zero-order valence-electron chi connectivity index (χ0n) is 11.2. The maximum atomic E-state index is 12.1. The number of carbonyl (C=O) groups excluding carboxylic acids is 1. The lowest BCUT2D eigenvalue weighted by Gasteiger charge is -2.16. The van der Waals surface area contributed by atoms with Crippen LogP contribution in [-0.4, -0.2) is 17.3 Å². The van der Waals surface area contributed by atoms with Crippen molar-refractivity contribution in [3.05, 3.63) is 35.9 Å². The number of rotatable bonds is 7. The highest BCUT2D eigenvalue weighted by Crippen LogP contribution is 2.19. The van der Waals surface area contributed by atoms with Crippen LogP contribution in [0, 0.1) is 0 Å². The van der Waals surface area contributed by atoms with Gasteiger partial charge in [-0.1, -0.05) is 60.1 Å². The summed E-state index contributed by atoms with van der Waals surface area (Å²) in [6, 6.07) is 9.98. The van der Waals surface area contributed by atoms with Gasteiger partial charge in [0.1, 0.15) is 0 Å². The Morgan fingerprint density at radius 2 is 1.89 bits per heavy atom. The highest BCUT2D eigenvalue weighted by atomic mass is 79.9. The van der Waals surface area contributed by atoms with Gasteiger partial charge in [-0.3, -0.25) is 4.79 Å². The molecule has 2 nitrogen and oxygen atoms in total. The number of alkyl halides is 1. The van der Waals surface area contributed by atoms with Gasteiger partial charge in [0.25, 0.3) is 0 Å². The van der Waals surface area contributed by atoms with Crippen LogP contribution >= 0.6 is 15.9 Å². The third-order valence-corrected chi connectivity index (χ3v) is 4.23. The molecule has 0 aliphatic heterocycles. The van der Waals surface area contributed by atoms with Crippen molar-refractivity contribution in [2.45, 2.75) is 43.9 Å². The minimum absolute atomic E-state index is 0.0263. The highest BCUT2D eigenvalue weighted by Gasteiger charge is 2.17. The number of nitrogens with one attached hydrogen (secondary N) is 1. The Balaban J connectivity index is 2.48. The molecule has 0 aliphatic carbocycles. The predicted molar refractivity (Wildman–Crippen MR) is 80.1 cm³/mol. The summed E-state index contributed by atoms with van der Waals surface area (Å²) in [7, 11) is 0. The van der Waals surface area contributed by atoms with Crippen LogP contribution in [0.15, 0.2) is 30.3 Å². The van der Waals surface area contributed by atoms with Gasteiger partial charge in [0, 0.05) is 11.4 Å². The first-order chi connectivity index (χ1) is 8.69. The molecule has 1 rings (SSSR count). The van der Waals surface area contributed by atoms with Crippen molar-refractivity contribution in [3.8, 4) is 0 Å². The van der Waals surface area contributed by atoms with Crippen molar-refractivity contribution in [1.82, 2.24) is 5.32 Å². The topological polar surface area (TPSA) is 29.1 Å². The Labute approximate surface area is 118 Å². The molecule has 0 radical (unpaired) electrons. The Morgan fingerprint density at radius 3 is 2.44 bits per heavy atom. The van der Waals surface area contributed by atoms with E-state index in [0.29, 0.717) is 4.83 Å². The molecule has 1 amide bonds. The quantitative estimate of drug-likeness (QED) is 0.761. The molecule has 0 aliphatic rings. The van der Waals surface area contributed by atoms with Crippen LogP contribution in [-0.2, 0) is 4.79 Å².